The van der Waals surface area contributed by atoms with Gasteiger partial charge in [0.25, 0.3) is 5.91 Å². The van der Waals surface area contributed by atoms with Crippen LogP contribution in [0.1, 0.15) is 17.3 Å². The van der Waals surface area contributed by atoms with Crippen LogP contribution >= 0.6 is 12.2 Å². The molecule has 4 nitrogen and oxygen atoms in total. The van der Waals surface area contributed by atoms with Crippen molar-refractivity contribution < 1.29 is 9.90 Å². The van der Waals surface area contributed by atoms with Crippen LogP contribution in [0.3, 0.4) is 0 Å². The normalized spacial score (nSPS) is 21.3. The topological polar surface area (TPSA) is 43.8 Å². The van der Waals surface area contributed by atoms with Gasteiger partial charge in [-0.1, -0.05) is 36.4 Å². The first-order chi connectivity index (χ1) is 10.5. The van der Waals surface area contributed by atoms with Gasteiger partial charge in [0.2, 0.25) is 0 Å². The lowest BCUT2D eigenvalue weighted by Crippen LogP contribution is -2.44. The zero-order valence-corrected chi connectivity index (χ0v) is 13.0. The molecule has 2 aromatic carbocycles. The molecular weight excluding hydrogens is 296 g/mol. The molecule has 0 radical (unpaired) electrons. The Morgan fingerprint density at radius 1 is 1.09 bits per heavy atom. The number of carbonyl (C=O) groups is 1. The number of anilines is 1. The molecule has 1 fully saturated rings. The van der Waals surface area contributed by atoms with E-state index in [1.165, 1.54) is 4.90 Å². The Kier molecular flexibility index (Phi) is 3.68. The highest BCUT2D eigenvalue weighted by Crippen LogP contribution is 2.31. The van der Waals surface area contributed by atoms with Crippen molar-refractivity contribution in [2.45, 2.75) is 12.6 Å². The number of hydrogen-bond acceptors (Lipinski definition) is 3. The monoisotopic (exact) mass is 312 g/mol. The first-order valence-corrected chi connectivity index (χ1v) is 7.40. The molecule has 0 spiro atoms. The number of β-amino-alcohol motifs (C(OH)–C–C–N with tert-alkyl or cyclic N) is 1. The number of rotatable bonds is 2. The van der Waals surface area contributed by atoms with Gasteiger partial charge in [-0.15, -0.1) is 0 Å². The molecule has 3 rings (SSSR count). The standard InChI is InChI=1S/C17H16N2O2S/c1-17(21)12-18(15(20)13-8-4-2-5-9-13)16(22)19(17)14-10-6-3-7-11-14/h2-11,21H,12H2,1H3/t17-/m1/s1. The molecule has 1 aliphatic heterocycles. The summed E-state index contributed by atoms with van der Waals surface area (Å²) in [6.45, 7) is 1.79. The van der Waals surface area contributed by atoms with Crippen molar-refractivity contribution in [3.05, 3.63) is 66.2 Å². The second-order valence-corrected chi connectivity index (χ2v) is 5.79. The smallest absolute Gasteiger partial charge is 0.260 e. The van der Waals surface area contributed by atoms with Gasteiger partial charge in [-0.05, 0) is 43.4 Å². The molecular formula is C17H16N2O2S. The van der Waals surface area contributed by atoms with Gasteiger partial charge < -0.3 is 5.11 Å². The van der Waals surface area contributed by atoms with Crippen molar-refractivity contribution in [1.29, 1.82) is 0 Å². The fraction of sp³-hybridized carbons (Fsp3) is 0.176. The van der Waals surface area contributed by atoms with Crippen molar-refractivity contribution >= 4 is 28.9 Å². The minimum Gasteiger partial charge on any atom is -0.369 e. The van der Waals surface area contributed by atoms with Gasteiger partial charge in [0.15, 0.2) is 10.8 Å². The minimum absolute atomic E-state index is 0.133. The Morgan fingerprint density at radius 2 is 1.64 bits per heavy atom. The Bertz CT molecular complexity index is 701. The van der Waals surface area contributed by atoms with Crippen LogP contribution in [0, 0.1) is 0 Å². The second kappa shape index (κ2) is 5.51. The molecule has 0 aliphatic carbocycles. The maximum atomic E-state index is 12.6. The van der Waals surface area contributed by atoms with Crippen molar-refractivity contribution in [2.75, 3.05) is 11.4 Å². The highest BCUT2D eigenvalue weighted by molar-refractivity contribution is 7.80. The number of thiocarbonyl (C=S) groups is 1. The maximum absolute atomic E-state index is 12.6. The molecule has 0 unspecified atom stereocenters. The third-order valence-corrected chi connectivity index (χ3v) is 4.04. The molecule has 5 heteroatoms. The molecule has 2 aromatic rings. The minimum atomic E-state index is -1.23. The number of aliphatic hydroxyl groups is 1. The van der Waals surface area contributed by atoms with E-state index < -0.39 is 5.72 Å². The van der Waals surface area contributed by atoms with Gasteiger partial charge in [0.1, 0.15) is 0 Å². The zero-order chi connectivity index (χ0) is 15.7. The number of nitrogens with zero attached hydrogens (tertiary/aromatic N) is 2. The first kappa shape index (κ1) is 14.7. The predicted molar refractivity (Wildman–Crippen MR) is 89.6 cm³/mol. The van der Waals surface area contributed by atoms with Crippen LogP contribution in [0.15, 0.2) is 60.7 Å². The van der Waals surface area contributed by atoms with Crippen LogP contribution < -0.4 is 4.90 Å². The Hall–Kier alpha value is -2.24. The molecule has 1 amide bonds. The van der Waals surface area contributed by atoms with Crippen molar-refractivity contribution in [3.8, 4) is 0 Å². The van der Waals surface area contributed by atoms with Crippen LogP contribution in [-0.2, 0) is 0 Å². The number of benzene rings is 2. The van der Waals surface area contributed by atoms with E-state index in [1.807, 2.05) is 36.4 Å². The number of para-hydroxylation sites is 1. The molecule has 0 aromatic heterocycles. The highest BCUT2D eigenvalue weighted by atomic mass is 32.1. The van der Waals surface area contributed by atoms with E-state index in [9.17, 15) is 9.90 Å². The van der Waals surface area contributed by atoms with E-state index in [0.717, 1.165) is 5.69 Å². The van der Waals surface area contributed by atoms with Crippen LogP contribution in [-0.4, -0.2) is 33.3 Å². The first-order valence-electron chi connectivity index (χ1n) is 6.99. The lowest BCUT2D eigenvalue weighted by molar-refractivity contribution is 0.0588. The molecule has 1 heterocycles. The summed E-state index contributed by atoms with van der Waals surface area (Å²) >= 11 is 5.44. The molecule has 112 valence electrons. The average molecular weight is 312 g/mol. The highest BCUT2D eigenvalue weighted by Gasteiger charge is 2.46. The fourth-order valence-electron chi connectivity index (χ4n) is 2.63. The lowest BCUT2D eigenvalue weighted by Gasteiger charge is -2.29. The van der Waals surface area contributed by atoms with E-state index in [2.05, 4.69) is 0 Å². The summed E-state index contributed by atoms with van der Waals surface area (Å²) in [6.07, 6.45) is 0. The quantitative estimate of drug-likeness (QED) is 0.866. The predicted octanol–water partition coefficient (Wildman–Crippen LogP) is 2.64. The number of carbonyl (C=O) groups excluding carboxylic acids is 1. The summed E-state index contributed by atoms with van der Waals surface area (Å²) in [5.41, 5.74) is 0.0829. The fourth-order valence-corrected chi connectivity index (χ4v) is 3.08. The molecule has 0 bridgehead atoms. The summed E-state index contributed by atoms with van der Waals surface area (Å²) in [4.78, 5) is 15.7. The number of hydrogen-bond donors (Lipinski definition) is 1. The van der Waals surface area contributed by atoms with E-state index in [0.29, 0.717) is 10.7 Å². The van der Waals surface area contributed by atoms with Crippen molar-refractivity contribution in [1.82, 2.24) is 4.90 Å². The summed E-state index contributed by atoms with van der Waals surface area (Å²) in [6, 6.07) is 18.3. The van der Waals surface area contributed by atoms with Gasteiger partial charge in [-0.3, -0.25) is 14.6 Å². The number of amides is 1. The summed E-state index contributed by atoms with van der Waals surface area (Å²) < 4.78 is 0. The molecule has 1 N–H and O–H groups in total. The summed E-state index contributed by atoms with van der Waals surface area (Å²) in [7, 11) is 0. The summed E-state index contributed by atoms with van der Waals surface area (Å²) in [5, 5.41) is 11.0. The van der Waals surface area contributed by atoms with E-state index in [-0.39, 0.29) is 12.5 Å². The molecule has 22 heavy (non-hydrogen) atoms. The third-order valence-electron chi connectivity index (χ3n) is 3.64. The van der Waals surface area contributed by atoms with Crippen LogP contribution in [0.2, 0.25) is 0 Å². The van der Waals surface area contributed by atoms with Crippen LogP contribution in [0.5, 0.6) is 0 Å². The third kappa shape index (κ3) is 2.49. The second-order valence-electron chi connectivity index (χ2n) is 5.43. The van der Waals surface area contributed by atoms with Gasteiger partial charge in [-0.2, -0.15) is 0 Å². The van der Waals surface area contributed by atoms with E-state index >= 15 is 0 Å². The Labute approximate surface area is 134 Å². The molecule has 1 atom stereocenters. The molecule has 1 saturated heterocycles. The van der Waals surface area contributed by atoms with Crippen molar-refractivity contribution in [2.24, 2.45) is 0 Å². The largest absolute Gasteiger partial charge is 0.369 e. The molecule has 1 aliphatic rings. The van der Waals surface area contributed by atoms with Gasteiger partial charge >= 0.3 is 0 Å². The van der Waals surface area contributed by atoms with Crippen LogP contribution in [0.4, 0.5) is 5.69 Å². The van der Waals surface area contributed by atoms with Crippen LogP contribution in [0.25, 0.3) is 0 Å². The zero-order valence-electron chi connectivity index (χ0n) is 12.1. The average Bonchev–Trinajstić information content (AvgIpc) is 2.78. The lowest BCUT2D eigenvalue weighted by atomic mass is 10.2. The SMILES string of the molecule is C[C@@]1(O)CN(C(=O)c2ccccc2)C(=S)N1c1ccccc1. The Balaban J connectivity index is 1.94. The van der Waals surface area contributed by atoms with Crippen molar-refractivity contribution in [3.63, 3.8) is 0 Å². The van der Waals surface area contributed by atoms with E-state index in [4.69, 9.17) is 12.2 Å². The summed E-state index contributed by atoms with van der Waals surface area (Å²) in [5.74, 6) is -0.204. The van der Waals surface area contributed by atoms with Gasteiger partial charge in [0, 0.05) is 11.3 Å². The van der Waals surface area contributed by atoms with Gasteiger partial charge in [-0.25, -0.2) is 0 Å². The maximum Gasteiger partial charge on any atom is 0.260 e. The van der Waals surface area contributed by atoms with E-state index in [1.54, 1.807) is 36.1 Å². The Morgan fingerprint density at radius 3 is 2.23 bits per heavy atom. The van der Waals surface area contributed by atoms with Gasteiger partial charge in [0.05, 0.1) is 6.54 Å². The molecule has 0 saturated carbocycles.